The van der Waals surface area contributed by atoms with Crippen LogP contribution in [0.1, 0.15) is 31.7 Å². The Morgan fingerprint density at radius 3 is 2.62 bits per heavy atom. The largest absolute Gasteiger partial charge is 0.480 e. The number of aliphatic carboxylic acids is 1. The molecule has 0 saturated heterocycles. The summed E-state index contributed by atoms with van der Waals surface area (Å²) in [4.78, 5) is 35.2. The lowest BCUT2D eigenvalue weighted by Crippen LogP contribution is -2.47. The third kappa shape index (κ3) is 3.21. The summed E-state index contributed by atoms with van der Waals surface area (Å²) in [5.41, 5.74) is 1.31. The minimum atomic E-state index is -1.08. The average Bonchev–Trinajstić information content (AvgIpc) is 2.42. The van der Waals surface area contributed by atoms with E-state index in [-0.39, 0.29) is 18.2 Å². The van der Waals surface area contributed by atoms with Crippen LogP contribution in [0, 0.1) is 5.92 Å². The van der Waals surface area contributed by atoms with E-state index in [0.717, 1.165) is 0 Å². The molecule has 1 heterocycles. The molecule has 0 spiro atoms. The maximum absolute atomic E-state index is 12.4. The molecule has 1 aromatic carbocycles. The quantitative estimate of drug-likeness (QED) is 0.779. The number of rotatable bonds is 4. The van der Waals surface area contributed by atoms with Gasteiger partial charge in [-0.25, -0.2) is 4.79 Å². The smallest absolute Gasteiger partial charge is 0.326 e. The number of anilines is 1. The van der Waals surface area contributed by atoms with E-state index in [1.807, 2.05) is 0 Å². The molecule has 112 valence electrons. The molecule has 1 aromatic rings. The second kappa shape index (κ2) is 5.95. The van der Waals surface area contributed by atoms with Gasteiger partial charge < -0.3 is 15.7 Å². The Kier molecular flexibility index (Phi) is 4.26. The molecule has 2 rings (SSSR count). The predicted octanol–water partition coefficient (Wildman–Crippen LogP) is 1.34. The molecule has 0 aromatic heterocycles. The lowest BCUT2D eigenvalue weighted by Gasteiger charge is -2.27. The zero-order valence-electron chi connectivity index (χ0n) is 11.9. The number of fused-ring (bicyclic) bond motifs is 1. The van der Waals surface area contributed by atoms with Gasteiger partial charge in [0.25, 0.3) is 0 Å². The van der Waals surface area contributed by atoms with E-state index in [0.29, 0.717) is 11.3 Å². The molecule has 0 aliphatic carbocycles. The molecule has 0 fully saturated rings. The average molecular weight is 290 g/mol. The first-order valence-electron chi connectivity index (χ1n) is 6.82. The standard InChI is InChI=1S/C15H18N2O4/c1-8(2)13(15(20)21)17-14(19)10-7-12(18)16-11-6-4-3-5-9(10)11/h3-6,8,10,13H,7H2,1-2H3,(H,16,18)(H,17,19)(H,20,21)/t10?,13-/m0/s1. The van der Waals surface area contributed by atoms with E-state index in [4.69, 9.17) is 5.11 Å². The zero-order valence-corrected chi connectivity index (χ0v) is 11.9. The Morgan fingerprint density at radius 1 is 1.33 bits per heavy atom. The second-order valence-electron chi connectivity index (χ2n) is 5.46. The first kappa shape index (κ1) is 15.0. The van der Waals surface area contributed by atoms with Crippen LogP contribution in [-0.4, -0.2) is 28.9 Å². The van der Waals surface area contributed by atoms with E-state index in [2.05, 4.69) is 10.6 Å². The summed E-state index contributed by atoms with van der Waals surface area (Å²) in [7, 11) is 0. The molecule has 0 radical (unpaired) electrons. The van der Waals surface area contributed by atoms with Crippen LogP contribution in [0.15, 0.2) is 24.3 Å². The van der Waals surface area contributed by atoms with Crippen molar-refractivity contribution in [3.05, 3.63) is 29.8 Å². The number of amides is 2. The van der Waals surface area contributed by atoms with Crippen LogP contribution in [0.5, 0.6) is 0 Å². The summed E-state index contributed by atoms with van der Waals surface area (Å²) in [6, 6.07) is 6.09. The van der Waals surface area contributed by atoms with Crippen molar-refractivity contribution in [2.24, 2.45) is 5.92 Å². The highest BCUT2D eigenvalue weighted by atomic mass is 16.4. The molecule has 1 unspecified atom stereocenters. The molecule has 1 aliphatic heterocycles. The molecular formula is C15H18N2O4. The summed E-state index contributed by atoms with van der Waals surface area (Å²) < 4.78 is 0. The highest BCUT2D eigenvalue weighted by Crippen LogP contribution is 2.32. The molecule has 2 atom stereocenters. The van der Waals surface area contributed by atoms with Crippen LogP contribution >= 0.6 is 0 Å². The minimum Gasteiger partial charge on any atom is -0.480 e. The topological polar surface area (TPSA) is 95.5 Å². The Hall–Kier alpha value is -2.37. The number of carbonyl (C=O) groups is 3. The normalized spacial score (nSPS) is 18.6. The second-order valence-corrected chi connectivity index (χ2v) is 5.46. The number of carboxylic acids is 1. The number of hydrogen-bond donors (Lipinski definition) is 3. The number of hydrogen-bond acceptors (Lipinski definition) is 3. The van der Waals surface area contributed by atoms with Gasteiger partial charge in [-0.3, -0.25) is 9.59 Å². The van der Waals surface area contributed by atoms with Gasteiger partial charge in [-0.15, -0.1) is 0 Å². The van der Waals surface area contributed by atoms with Crippen molar-refractivity contribution in [3.63, 3.8) is 0 Å². The van der Waals surface area contributed by atoms with Gasteiger partial charge in [0, 0.05) is 12.1 Å². The molecule has 0 saturated carbocycles. The van der Waals surface area contributed by atoms with Gasteiger partial charge in [-0.1, -0.05) is 32.0 Å². The first-order valence-corrected chi connectivity index (χ1v) is 6.82. The number of nitrogens with one attached hydrogen (secondary N) is 2. The zero-order chi connectivity index (χ0) is 15.6. The number of benzene rings is 1. The first-order chi connectivity index (χ1) is 9.90. The van der Waals surface area contributed by atoms with E-state index < -0.39 is 23.8 Å². The van der Waals surface area contributed by atoms with Gasteiger partial charge in [0.2, 0.25) is 11.8 Å². The maximum Gasteiger partial charge on any atom is 0.326 e. The fraction of sp³-hybridized carbons (Fsp3) is 0.400. The van der Waals surface area contributed by atoms with Crippen LogP contribution in [0.2, 0.25) is 0 Å². The predicted molar refractivity (Wildman–Crippen MR) is 76.8 cm³/mol. The maximum atomic E-state index is 12.4. The third-order valence-corrected chi connectivity index (χ3v) is 3.55. The van der Waals surface area contributed by atoms with E-state index in [1.165, 1.54) is 0 Å². The van der Waals surface area contributed by atoms with Crippen molar-refractivity contribution >= 4 is 23.5 Å². The number of carbonyl (C=O) groups excluding carboxylic acids is 2. The molecule has 21 heavy (non-hydrogen) atoms. The molecular weight excluding hydrogens is 272 g/mol. The van der Waals surface area contributed by atoms with Crippen LogP contribution < -0.4 is 10.6 Å². The van der Waals surface area contributed by atoms with Crippen molar-refractivity contribution in [2.75, 3.05) is 5.32 Å². The summed E-state index contributed by atoms with van der Waals surface area (Å²) in [5, 5.41) is 14.4. The van der Waals surface area contributed by atoms with Crippen LogP contribution in [0.3, 0.4) is 0 Å². The third-order valence-electron chi connectivity index (χ3n) is 3.55. The van der Waals surface area contributed by atoms with Gasteiger partial charge in [0.1, 0.15) is 6.04 Å². The fourth-order valence-electron chi connectivity index (χ4n) is 2.41. The Bertz CT molecular complexity index is 583. The summed E-state index contributed by atoms with van der Waals surface area (Å²) >= 11 is 0. The van der Waals surface area contributed by atoms with Crippen LogP contribution in [0.25, 0.3) is 0 Å². The Balaban J connectivity index is 2.23. The van der Waals surface area contributed by atoms with Gasteiger partial charge in [-0.2, -0.15) is 0 Å². The van der Waals surface area contributed by atoms with Crippen molar-refractivity contribution in [1.29, 1.82) is 0 Å². The SMILES string of the molecule is CC(C)[C@H](NC(=O)C1CC(=O)Nc2ccccc21)C(=O)O. The number of para-hydroxylation sites is 1. The van der Waals surface area contributed by atoms with E-state index in [1.54, 1.807) is 38.1 Å². The summed E-state index contributed by atoms with van der Waals surface area (Å²) in [6.07, 6.45) is 0.0211. The summed E-state index contributed by atoms with van der Waals surface area (Å²) in [6.45, 7) is 3.45. The minimum absolute atomic E-state index is 0.0211. The summed E-state index contributed by atoms with van der Waals surface area (Å²) in [5.74, 6) is -2.65. The molecule has 3 N–H and O–H groups in total. The lowest BCUT2D eigenvalue weighted by atomic mass is 9.89. The molecule has 1 aliphatic rings. The van der Waals surface area contributed by atoms with Crippen molar-refractivity contribution in [3.8, 4) is 0 Å². The molecule has 6 nitrogen and oxygen atoms in total. The molecule has 0 bridgehead atoms. The van der Waals surface area contributed by atoms with E-state index >= 15 is 0 Å². The number of carboxylic acid groups (broad SMARTS) is 1. The lowest BCUT2D eigenvalue weighted by molar-refractivity contribution is -0.143. The van der Waals surface area contributed by atoms with Gasteiger partial charge in [0.15, 0.2) is 0 Å². The Labute approximate surface area is 122 Å². The van der Waals surface area contributed by atoms with Crippen LogP contribution in [-0.2, 0) is 14.4 Å². The fourth-order valence-corrected chi connectivity index (χ4v) is 2.41. The highest BCUT2D eigenvalue weighted by Gasteiger charge is 2.33. The van der Waals surface area contributed by atoms with Crippen LogP contribution in [0.4, 0.5) is 5.69 Å². The van der Waals surface area contributed by atoms with Crippen molar-refractivity contribution in [1.82, 2.24) is 5.32 Å². The van der Waals surface area contributed by atoms with Gasteiger partial charge in [0.05, 0.1) is 5.92 Å². The van der Waals surface area contributed by atoms with Gasteiger partial charge in [-0.05, 0) is 17.5 Å². The van der Waals surface area contributed by atoms with Crippen molar-refractivity contribution in [2.45, 2.75) is 32.2 Å². The molecule has 6 heteroatoms. The van der Waals surface area contributed by atoms with E-state index in [9.17, 15) is 14.4 Å². The Morgan fingerprint density at radius 2 is 2.00 bits per heavy atom. The van der Waals surface area contributed by atoms with Gasteiger partial charge >= 0.3 is 5.97 Å². The highest BCUT2D eigenvalue weighted by molar-refractivity contribution is 6.01. The monoisotopic (exact) mass is 290 g/mol. The molecule has 2 amide bonds. The van der Waals surface area contributed by atoms with Crippen molar-refractivity contribution < 1.29 is 19.5 Å².